The Bertz CT molecular complexity index is 695. The van der Waals surface area contributed by atoms with E-state index in [0.29, 0.717) is 5.56 Å². The van der Waals surface area contributed by atoms with Gasteiger partial charge in [0.1, 0.15) is 11.5 Å². The van der Waals surface area contributed by atoms with Gasteiger partial charge in [0.05, 0.1) is 21.1 Å². The largest absolute Gasteiger partial charge is 0.433 e. The lowest BCUT2D eigenvalue weighted by atomic mass is 10.0. The monoisotopic (exact) mass is 350 g/mol. The van der Waals surface area contributed by atoms with Gasteiger partial charge in [-0.3, -0.25) is 0 Å². The van der Waals surface area contributed by atoms with Crippen LogP contribution < -0.4 is 5.32 Å². The molecule has 0 bridgehead atoms. The molecule has 1 N–H and O–H groups in total. The summed E-state index contributed by atoms with van der Waals surface area (Å²) < 4.78 is 53.5. The highest BCUT2D eigenvalue weighted by molar-refractivity contribution is 9.10. The van der Waals surface area contributed by atoms with Crippen LogP contribution in [0.2, 0.25) is 0 Å². The van der Waals surface area contributed by atoms with E-state index in [0.717, 1.165) is 0 Å². The average Bonchev–Trinajstić information content (AvgIpc) is 2.33. The molecule has 2 rings (SSSR count). The average molecular weight is 351 g/mol. The van der Waals surface area contributed by atoms with Gasteiger partial charge in [0.2, 0.25) is 0 Å². The van der Waals surface area contributed by atoms with Crippen molar-refractivity contribution in [3.05, 3.63) is 33.2 Å². The highest BCUT2D eigenvalue weighted by Gasteiger charge is 2.36. The Labute approximate surface area is 121 Å². The number of anilines is 1. The number of nitrogens with one attached hydrogen (secondary N) is 1. The number of benzene rings is 1. The SMILES string of the molecule is CNc1c(C)c(C(F)(F)F)nc2c(C)cc(Br)c(F)c12. The fraction of sp³-hybridized carbons (Fsp3) is 0.308. The summed E-state index contributed by atoms with van der Waals surface area (Å²) in [6.07, 6.45) is -4.58. The molecule has 2 nitrogen and oxygen atoms in total. The molecule has 1 heterocycles. The van der Waals surface area contributed by atoms with Gasteiger partial charge in [-0.1, -0.05) is 0 Å². The molecule has 1 aromatic heterocycles. The quantitative estimate of drug-likeness (QED) is 0.746. The minimum Gasteiger partial charge on any atom is -0.387 e. The third-order valence-corrected chi connectivity index (χ3v) is 3.68. The Kier molecular flexibility index (Phi) is 3.66. The molecule has 0 aliphatic heterocycles. The molecule has 1 aromatic carbocycles. The zero-order valence-electron chi connectivity index (χ0n) is 10.9. The van der Waals surface area contributed by atoms with Crippen molar-refractivity contribution >= 4 is 32.5 Å². The summed E-state index contributed by atoms with van der Waals surface area (Å²) in [7, 11) is 1.46. The smallest absolute Gasteiger partial charge is 0.387 e. The Morgan fingerprint density at radius 2 is 1.85 bits per heavy atom. The fourth-order valence-electron chi connectivity index (χ4n) is 2.20. The van der Waals surface area contributed by atoms with Gasteiger partial charge in [-0.05, 0) is 41.4 Å². The number of aryl methyl sites for hydroxylation is 1. The zero-order chi connectivity index (χ0) is 15.2. The molecule has 0 aliphatic carbocycles. The maximum atomic E-state index is 14.2. The molecule has 0 radical (unpaired) electrons. The van der Waals surface area contributed by atoms with Crippen molar-refractivity contribution in [2.45, 2.75) is 20.0 Å². The number of rotatable bonds is 1. The molecule has 0 aliphatic rings. The molecule has 108 valence electrons. The summed E-state index contributed by atoms with van der Waals surface area (Å²) in [5, 5.41) is 2.71. The number of nitrogens with zero attached hydrogens (tertiary/aromatic N) is 1. The van der Waals surface area contributed by atoms with Gasteiger partial charge in [0, 0.05) is 12.6 Å². The Hall–Kier alpha value is -1.37. The molecular weight excluding hydrogens is 340 g/mol. The standard InChI is InChI=1S/C13H11BrF4N2/c1-5-4-7(14)9(15)8-10(5)20-12(13(16,17)18)6(2)11(8)19-3/h4H,1-3H3,(H,19,20). The number of aromatic nitrogens is 1. The maximum Gasteiger partial charge on any atom is 0.433 e. The molecule has 0 fully saturated rings. The molecular formula is C13H11BrF4N2. The summed E-state index contributed by atoms with van der Waals surface area (Å²) in [5.41, 5.74) is -0.546. The number of hydrogen-bond donors (Lipinski definition) is 1. The van der Waals surface area contributed by atoms with E-state index in [-0.39, 0.29) is 26.6 Å². The van der Waals surface area contributed by atoms with E-state index < -0.39 is 17.7 Å². The zero-order valence-corrected chi connectivity index (χ0v) is 12.5. The third-order valence-electron chi connectivity index (χ3n) is 3.11. The summed E-state index contributed by atoms with van der Waals surface area (Å²) >= 11 is 3.06. The predicted molar refractivity (Wildman–Crippen MR) is 73.4 cm³/mol. The van der Waals surface area contributed by atoms with Crippen LogP contribution in [0.1, 0.15) is 16.8 Å². The normalized spacial score (nSPS) is 12.0. The van der Waals surface area contributed by atoms with Crippen LogP contribution in [0.15, 0.2) is 10.5 Å². The van der Waals surface area contributed by atoms with E-state index in [9.17, 15) is 17.6 Å². The van der Waals surface area contributed by atoms with Gasteiger partial charge in [-0.25, -0.2) is 9.37 Å². The van der Waals surface area contributed by atoms with Crippen LogP contribution >= 0.6 is 15.9 Å². The van der Waals surface area contributed by atoms with Crippen LogP contribution in [0, 0.1) is 19.7 Å². The Morgan fingerprint density at radius 3 is 2.35 bits per heavy atom. The van der Waals surface area contributed by atoms with Crippen molar-refractivity contribution in [2.24, 2.45) is 0 Å². The molecule has 2 aromatic rings. The minimum absolute atomic E-state index is 0.00738. The topological polar surface area (TPSA) is 24.9 Å². The molecule has 0 saturated heterocycles. The van der Waals surface area contributed by atoms with E-state index in [2.05, 4.69) is 26.2 Å². The van der Waals surface area contributed by atoms with Crippen LogP contribution in [-0.2, 0) is 6.18 Å². The first-order chi connectivity index (χ1) is 9.18. The van der Waals surface area contributed by atoms with Gasteiger partial charge in [-0.15, -0.1) is 0 Å². The van der Waals surface area contributed by atoms with Gasteiger partial charge < -0.3 is 5.32 Å². The lowest BCUT2D eigenvalue weighted by Crippen LogP contribution is -2.13. The van der Waals surface area contributed by atoms with Crippen LogP contribution in [0.3, 0.4) is 0 Å². The van der Waals surface area contributed by atoms with Crippen molar-refractivity contribution in [3.63, 3.8) is 0 Å². The van der Waals surface area contributed by atoms with Gasteiger partial charge in [0.15, 0.2) is 0 Å². The fourth-order valence-corrected chi connectivity index (χ4v) is 2.75. The highest BCUT2D eigenvalue weighted by Crippen LogP contribution is 2.40. The first kappa shape index (κ1) is 15.0. The maximum absolute atomic E-state index is 14.2. The lowest BCUT2D eigenvalue weighted by Gasteiger charge is -2.17. The summed E-state index contributed by atoms with van der Waals surface area (Å²) in [6, 6.07) is 1.42. The van der Waals surface area contributed by atoms with E-state index in [1.807, 2.05) is 0 Å². The van der Waals surface area contributed by atoms with E-state index in [1.54, 1.807) is 6.92 Å². The van der Waals surface area contributed by atoms with E-state index in [4.69, 9.17) is 0 Å². The van der Waals surface area contributed by atoms with Gasteiger partial charge in [0.25, 0.3) is 0 Å². The molecule has 20 heavy (non-hydrogen) atoms. The summed E-state index contributed by atoms with van der Waals surface area (Å²) in [4.78, 5) is 3.63. The lowest BCUT2D eigenvalue weighted by molar-refractivity contribution is -0.141. The number of pyridine rings is 1. The number of hydrogen-bond acceptors (Lipinski definition) is 2. The first-order valence-electron chi connectivity index (χ1n) is 5.72. The van der Waals surface area contributed by atoms with Gasteiger partial charge >= 0.3 is 6.18 Å². The van der Waals surface area contributed by atoms with Crippen molar-refractivity contribution in [1.29, 1.82) is 0 Å². The molecule has 0 spiro atoms. The highest BCUT2D eigenvalue weighted by atomic mass is 79.9. The van der Waals surface area contributed by atoms with Crippen LogP contribution in [0.4, 0.5) is 23.2 Å². The van der Waals surface area contributed by atoms with Crippen molar-refractivity contribution in [2.75, 3.05) is 12.4 Å². The molecule has 0 amide bonds. The van der Waals surface area contributed by atoms with E-state index in [1.165, 1.54) is 20.0 Å². The van der Waals surface area contributed by atoms with Crippen molar-refractivity contribution < 1.29 is 17.6 Å². The van der Waals surface area contributed by atoms with Gasteiger partial charge in [-0.2, -0.15) is 13.2 Å². The molecule has 0 unspecified atom stereocenters. The minimum atomic E-state index is -4.58. The van der Waals surface area contributed by atoms with Crippen molar-refractivity contribution in [1.82, 2.24) is 4.98 Å². The number of alkyl halides is 3. The summed E-state index contributed by atoms with van der Waals surface area (Å²) in [6.45, 7) is 2.87. The second kappa shape index (κ2) is 4.87. The number of fused-ring (bicyclic) bond motifs is 1. The summed E-state index contributed by atoms with van der Waals surface area (Å²) in [5.74, 6) is -0.626. The molecule has 0 saturated carbocycles. The number of halogens is 5. The van der Waals surface area contributed by atoms with Crippen LogP contribution in [-0.4, -0.2) is 12.0 Å². The third kappa shape index (κ3) is 2.24. The predicted octanol–water partition coefficient (Wildman–Crippen LogP) is 4.81. The van der Waals surface area contributed by atoms with Crippen LogP contribution in [0.5, 0.6) is 0 Å². The second-order valence-corrected chi connectivity index (χ2v) is 5.28. The molecule has 0 atom stereocenters. The molecule has 7 heteroatoms. The van der Waals surface area contributed by atoms with Crippen LogP contribution in [0.25, 0.3) is 10.9 Å². The van der Waals surface area contributed by atoms with Crippen molar-refractivity contribution in [3.8, 4) is 0 Å². The Morgan fingerprint density at radius 1 is 1.25 bits per heavy atom. The first-order valence-corrected chi connectivity index (χ1v) is 6.51. The Balaban J connectivity index is 3.04. The van der Waals surface area contributed by atoms with E-state index >= 15 is 0 Å². The second-order valence-electron chi connectivity index (χ2n) is 4.42.